The summed E-state index contributed by atoms with van der Waals surface area (Å²) in [5.41, 5.74) is 2.41. The third-order valence-corrected chi connectivity index (χ3v) is 3.84. The fraction of sp³-hybridized carbons (Fsp3) is 0.571. The predicted octanol–water partition coefficient (Wildman–Crippen LogP) is 2.23. The lowest BCUT2D eigenvalue weighted by Crippen LogP contribution is -2.46. The third-order valence-electron chi connectivity index (χ3n) is 3.84. The first-order valence-corrected chi connectivity index (χ1v) is 6.30. The number of fused-ring (bicyclic) bond motifs is 1. The van der Waals surface area contributed by atoms with Gasteiger partial charge < -0.3 is 14.8 Å². The molecule has 3 nitrogen and oxygen atoms in total. The van der Waals surface area contributed by atoms with E-state index in [2.05, 4.69) is 37.4 Å². The second-order valence-electron chi connectivity index (χ2n) is 5.21. The lowest BCUT2D eigenvalue weighted by Gasteiger charge is -2.39. The molecule has 1 fully saturated rings. The summed E-state index contributed by atoms with van der Waals surface area (Å²) in [4.78, 5) is 0. The lowest BCUT2D eigenvalue weighted by molar-refractivity contribution is -0.222. The Morgan fingerprint density at radius 3 is 3.06 bits per heavy atom. The third kappa shape index (κ3) is 1.94. The number of hydrogen-bond acceptors (Lipinski definition) is 3. The van der Waals surface area contributed by atoms with Gasteiger partial charge in [-0.2, -0.15) is 0 Å². The van der Waals surface area contributed by atoms with Crippen molar-refractivity contribution in [2.24, 2.45) is 5.92 Å². The maximum atomic E-state index is 6.10. The Balaban J connectivity index is 1.86. The highest BCUT2D eigenvalue weighted by Crippen LogP contribution is 2.37. The number of hydrogen-bond donors (Lipinski definition) is 1. The van der Waals surface area contributed by atoms with Crippen molar-refractivity contribution >= 4 is 0 Å². The normalized spacial score (nSPS) is 32.0. The van der Waals surface area contributed by atoms with Crippen LogP contribution in [0.5, 0.6) is 5.75 Å². The van der Waals surface area contributed by atoms with Gasteiger partial charge in [-0.05, 0) is 26.0 Å². The molecule has 2 heterocycles. The molecule has 2 unspecified atom stereocenters. The zero-order chi connectivity index (χ0) is 11.9. The first kappa shape index (κ1) is 11.1. The predicted molar refractivity (Wildman–Crippen MR) is 66.0 cm³/mol. The van der Waals surface area contributed by atoms with Crippen LogP contribution in [0.1, 0.15) is 24.5 Å². The molecule has 0 spiro atoms. The van der Waals surface area contributed by atoms with E-state index >= 15 is 0 Å². The molecule has 0 radical (unpaired) electrons. The summed E-state index contributed by atoms with van der Waals surface area (Å²) in [6.07, 6.45) is 1.12. The fourth-order valence-electron chi connectivity index (χ4n) is 2.69. The first-order chi connectivity index (χ1) is 8.17. The molecule has 3 rings (SSSR count). The van der Waals surface area contributed by atoms with Crippen LogP contribution in [0, 0.1) is 12.8 Å². The Morgan fingerprint density at radius 1 is 1.41 bits per heavy atom. The minimum atomic E-state index is -0.467. The molecular formula is C14H19NO2. The Kier molecular flexibility index (Phi) is 2.60. The number of ether oxygens (including phenoxy) is 2. The molecule has 0 aromatic heterocycles. The summed E-state index contributed by atoms with van der Waals surface area (Å²) in [6, 6.07) is 6.30. The summed E-state index contributed by atoms with van der Waals surface area (Å²) in [6.45, 7) is 6.86. The van der Waals surface area contributed by atoms with Crippen LogP contribution in [0.4, 0.5) is 0 Å². The molecule has 1 aromatic rings. The van der Waals surface area contributed by atoms with E-state index in [4.69, 9.17) is 9.47 Å². The second kappa shape index (κ2) is 4.00. The van der Waals surface area contributed by atoms with E-state index in [9.17, 15) is 0 Å². The van der Waals surface area contributed by atoms with Gasteiger partial charge in [-0.25, -0.2) is 0 Å². The minimum absolute atomic E-state index is 0.442. The van der Waals surface area contributed by atoms with Crippen molar-refractivity contribution in [2.45, 2.75) is 32.7 Å². The monoisotopic (exact) mass is 233 g/mol. The highest BCUT2D eigenvalue weighted by molar-refractivity contribution is 5.37. The lowest BCUT2D eigenvalue weighted by atomic mass is 9.97. The quantitative estimate of drug-likeness (QED) is 0.807. The number of rotatable bonds is 1. The van der Waals surface area contributed by atoms with Crippen molar-refractivity contribution in [3.63, 3.8) is 0 Å². The molecule has 1 saturated heterocycles. The van der Waals surface area contributed by atoms with E-state index < -0.39 is 5.79 Å². The standard InChI is InChI=1S/C14H19NO2/c1-10-3-4-13-11(7-10)9-16-14(2,17-13)12-5-6-15-8-12/h3-4,7,12,15H,5-6,8-9H2,1-2H3. The summed E-state index contributed by atoms with van der Waals surface area (Å²) in [5.74, 6) is 0.958. The SMILES string of the molecule is Cc1ccc2c(c1)COC(C)(C1CCNC1)O2. The van der Waals surface area contributed by atoms with Gasteiger partial charge in [0.15, 0.2) is 0 Å². The Hall–Kier alpha value is -1.06. The highest BCUT2D eigenvalue weighted by Gasteiger charge is 2.42. The van der Waals surface area contributed by atoms with Crippen LogP contribution in [-0.2, 0) is 11.3 Å². The molecule has 92 valence electrons. The van der Waals surface area contributed by atoms with Crippen molar-refractivity contribution in [1.29, 1.82) is 0 Å². The Labute approximate surface area is 102 Å². The van der Waals surface area contributed by atoms with Gasteiger partial charge in [-0.1, -0.05) is 17.7 Å². The summed E-state index contributed by atoms with van der Waals surface area (Å²) in [5, 5.41) is 3.37. The second-order valence-corrected chi connectivity index (χ2v) is 5.21. The van der Waals surface area contributed by atoms with Gasteiger partial charge >= 0.3 is 0 Å². The zero-order valence-corrected chi connectivity index (χ0v) is 10.5. The fourth-order valence-corrected chi connectivity index (χ4v) is 2.69. The van der Waals surface area contributed by atoms with E-state index in [0.29, 0.717) is 12.5 Å². The number of aryl methyl sites for hydroxylation is 1. The summed E-state index contributed by atoms with van der Waals surface area (Å²) < 4.78 is 12.1. The number of nitrogens with one attached hydrogen (secondary N) is 1. The molecule has 3 heteroatoms. The maximum absolute atomic E-state index is 6.10. The van der Waals surface area contributed by atoms with Crippen LogP contribution in [0.25, 0.3) is 0 Å². The van der Waals surface area contributed by atoms with Crippen molar-refractivity contribution in [3.05, 3.63) is 29.3 Å². The van der Waals surface area contributed by atoms with E-state index in [1.54, 1.807) is 0 Å². The van der Waals surface area contributed by atoms with Crippen LogP contribution in [-0.4, -0.2) is 18.9 Å². The van der Waals surface area contributed by atoms with E-state index in [0.717, 1.165) is 30.8 Å². The average molecular weight is 233 g/mol. The van der Waals surface area contributed by atoms with Gasteiger partial charge in [0.2, 0.25) is 5.79 Å². The van der Waals surface area contributed by atoms with Crippen LogP contribution < -0.4 is 10.1 Å². The van der Waals surface area contributed by atoms with E-state index in [1.807, 2.05) is 0 Å². The van der Waals surface area contributed by atoms with Gasteiger partial charge in [0.25, 0.3) is 0 Å². The van der Waals surface area contributed by atoms with Gasteiger partial charge in [0.1, 0.15) is 5.75 Å². The van der Waals surface area contributed by atoms with Gasteiger partial charge in [-0.15, -0.1) is 0 Å². The highest BCUT2D eigenvalue weighted by atomic mass is 16.7. The summed E-state index contributed by atoms with van der Waals surface area (Å²) in [7, 11) is 0. The molecule has 2 atom stereocenters. The summed E-state index contributed by atoms with van der Waals surface area (Å²) >= 11 is 0. The molecule has 0 bridgehead atoms. The van der Waals surface area contributed by atoms with E-state index in [-0.39, 0.29) is 0 Å². The smallest absolute Gasteiger partial charge is 0.212 e. The molecular weight excluding hydrogens is 214 g/mol. The molecule has 17 heavy (non-hydrogen) atoms. The largest absolute Gasteiger partial charge is 0.462 e. The molecule has 0 amide bonds. The first-order valence-electron chi connectivity index (χ1n) is 6.30. The van der Waals surface area contributed by atoms with E-state index in [1.165, 1.54) is 5.56 Å². The van der Waals surface area contributed by atoms with Gasteiger partial charge in [-0.3, -0.25) is 0 Å². The number of benzene rings is 1. The molecule has 2 aliphatic rings. The average Bonchev–Trinajstić information content (AvgIpc) is 2.84. The Morgan fingerprint density at radius 2 is 2.29 bits per heavy atom. The van der Waals surface area contributed by atoms with Crippen LogP contribution >= 0.6 is 0 Å². The molecule has 0 aliphatic carbocycles. The zero-order valence-electron chi connectivity index (χ0n) is 10.5. The van der Waals surface area contributed by atoms with Crippen molar-refractivity contribution in [2.75, 3.05) is 13.1 Å². The topological polar surface area (TPSA) is 30.5 Å². The van der Waals surface area contributed by atoms with Crippen molar-refractivity contribution in [1.82, 2.24) is 5.32 Å². The van der Waals surface area contributed by atoms with Crippen LogP contribution in [0.3, 0.4) is 0 Å². The van der Waals surface area contributed by atoms with Crippen molar-refractivity contribution < 1.29 is 9.47 Å². The Bertz CT molecular complexity index is 426. The molecule has 1 aromatic carbocycles. The molecule has 2 aliphatic heterocycles. The van der Waals surface area contributed by atoms with Crippen LogP contribution in [0.15, 0.2) is 18.2 Å². The molecule has 1 N–H and O–H groups in total. The van der Waals surface area contributed by atoms with Crippen LogP contribution in [0.2, 0.25) is 0 Å². The van der Waals surface area contributed by atoms with Crippen molar-refractivity contribution in [3.8, 4) is 5.75 Å². The molecule has 0 saturated carbocycles. The maximum Gasteiger partial charge on any atom is 0.212 e. The van der Waals surface area contributed by atoms with Gasteiger partial charge in [0.05, 0.1) is 6.61 Å². The minimum Gasteiger partial charge on any atom is -0.462 e. The van der Waals surface area contributed by atoms with Gasteiger partial charge in [0, 0.05) is 24.9 Å².